The Morgan fingerprint density at radius 1 is 1.21 bits per heavy atom. The monoisotopic (exact) mass is 196 g/mol. The van der Waals surface area contributed by atoms with Gasteiger partial charge in [0.15, 0.2) is 0 Å². The largest absolute Gasteiger partial charge is 0.491 e. The molecule has 0 fully saturated rings. The molecule has 0 saturated heterocycles. The fourth-order valence-electron chi connectivity index (χ4n) is 1.36. The molecule has 1 nitrogen and oxygen atoms in total. The molecule has 14 heavy (non-hydrogen) atoms. The predicted molar refractivity (Wildman–Crippen MR) is 56.6 cm³/mol. The second kappa shape index (κ2) is 4.45. The maximum atomic E-state index is 12.0. The molecule has 0 heterocycles. The van der Waals surface area contributed by atoms with Gasteiger partial charge in [-0.3, -0.25) is 0 Å². The minimum Gasteiger partial charge on any atom is -0.491 e. The van der Waals surface area contributed by atoms with Crippen molar-refractivity contribution in [3.8, 4) is 5.75 Å². The SMILES string of the molecule is CC(C)(C)c1ccccc1OCCF. The van der Waals surface area contributed by atoms with E-state index in [4.69, 9.17) is 4.74 Å². The number of alkyl halides is 1. The minimum absolute atomic E-state index is 0.0346. The molecule has 0 unspecified atom stereocenters. The van der Waals surface area contributed by atoms with Gasteiger partial charge in [0.2, 0.25) is 0 Å². The number of ether oxygens (including phenoxy) is 1. The lowest BCUT2D eigenvalue weighted by atomic mass is 9.86. The molecule has 0 radical (unpaired) electrons. The third-order valence-corrected chi connectivity index (χ3v) is 2.03. The third-order valence-electron chi connectivity index (χ3n) is 2.03. The van der Waals surface area contributed by atoms with Crippen molar-refractivity contribution in [2.45, 2.75) is 26.2 Å². The number of benzene rings is 1. The molecule has 0 saturated carbocycles. The lowest BCUT2D eigenvalue weighted by molar-refractivity contribution is 0.267. The van der Waals surface area contributed by atoms with Crippen molar-refractivity contribution in [1.29, 1.82) is 0 Å². The average Bonchev–Trinajstić information content (AvgIpc) is 2.14. The van der Waals surface area contributed by atoms with Gasteiger partial charge in [-0.15, -0.1) is 0 Å². The van der Waals surface area contributed by atoms with E-state index in [0.717, 1.165) is 11.3 Å². The lowest BCUT2D eigenvalue weighted by Gasteiger charge is -2.22. The summed E-state index contributed by atoms with van der Waals surface area (Å²) in [5.41, 5.74) is 1.15. The summed E-state index contributed by atoms with van der Waals surface area (Å²) >= 11 is 0. The highest BCUT2D eigenvalue weighted by atomic mass is 19.1. The lowest BCUT2D eigenvalue weighted by Crippen LogP contribution is -2.13. The van der Waals surface area contributed by atoms with Crippen LogP contribution >= 0.6 is 0 Å². The van der Waals surface area contributed by atoms with Gasteiger partial charge in [0, 0.05) is 0 Å². The van der Waals surface area contributed by atoms with E-state index in [1.807, 2.05) is 24.3 Å². The summed E-state index contributed by atoms with van der Waals surface area (Å²) in [5, 5.41) is 0. The van der Waals surface area contributed by atoms with Gasteiger partial charge in [0.25, 0.3) is 0 Å². The van der Waals surface area contributed by atoms with Crippen LogP contribution in [0.5, 0.6) is 5.75 Å². The fraction of sp³-hybridized carbons (Fsp3) is 0.500. The van der Waals surface area contributed by atoms with E-state index in [1.165, 1.54) is 0 Å². The Labute approximate surface area is 84.9 Å². The summed E-state index contributed by atoms with van der Waals surface area (Å²) in [5.74, 6) is 0.789. The predicted octanol–water partition coefficient (Wildman–Crippen LogP) is 3.33. The van der Waals surface area contributed by atoms with E-state index in [2.05, 4.69) is 20.8 Å². The van der Waals surface area contributed by atoms with Gasteiger partial charge in [-0.25, -0.2) is 4.39 Å². The smallest absolute Gasteiger partial charge is 0.123 e. The highest BCUT2D eigenvalue weighted by Gasteiger charge is 2.17. The molecule has 0 spiro atoms. The first-order valence-electron chi connectivity index (χ1n) is 4.84. The average molecular weight is 196 g/mol. The molecule has 78 valence electrons. The molecule has 0 aliphatic rings. The van der Waals surface area contributed by atoms with Crippen LogP contribution in [-0.2, 0) is 5.41 Å². The minimum atomic E-state index is -0.446. The molecular formula is C12H17FO. The zero-order chi connectivity index (χ0) is 10.6. The number of hydrogen-bond acceptors (Lipinski definition) is 1. The van der Waals surface area contributed by atoms with Gasteiger partial charge in [-0.1, -0.05) is 39.0 Å². The van der Waals surface area contributed by atoms with Gasteiger partial charge in [-0.2, -0.15) is 0 Å². The molecule has 0 N–H and O–H groups in total. The maximum Gasteiger partial charge on any atom is 0.123 e. The van der Waals surface area contributed by atoms with E-state index < -0.39 is 6.67 Å². The fourth-order valence-corrected chi connectivity index (χ4v) is 1.36. The van der Waals surface area contributed by atoms with Crippen LogP contribution in [0.3, 0.4) is 0 Å². The summed E-state index contributed by atoms with van der Waals surface area (Å²) in [4.78, 5) is 0. The Bertz CT molecular complexity index is 289. The molecule has 0 atom stereocenters. The standard InChI is InChI=1S/C12H17FO/c1-12(2,3)10-6-4-5-7-11(10)14-9-8-13/h4-7H,8-9H2,1-3H3. The Balaban J connectivity index is 2.92. The molecule has 1 rings (SSSR count). The Morgan fingerprint density at radius 2 is 1.86 bits per heavy atom. The van der Waals surface area contributed by atoms with Crippen molar-refractivity contribution >= 4 is 0 Å². The molecule has 0 amide bonds. The highest BCUT2D eigenvalue weighted by Crippen LogP contribution is 2.30. The highest BCUT2D eigenvalue weighted by molar-refractivity contribution is 5.38. The van der Waals surface area contributed by atoms with Crippen LogP contribution < -0.4 is 4.74 Å². The van der Waals surface area contributed by atoms with Crippen molar-refractivity contribution < 1.29 is 9.13 Å². The van der Waals surface area contributed by atoms with E-state index in [-0.39, 0.29) is 12.0 Å². The van der Waals surface area contributed by atoms with Crippen molar-refractivity contribution in [2.75, 3.05) is 13.3 Å². The van der Waals surface area contributed by atoms with Crippen molar-refractivity contribution in [3.05, 3.63) is 29.8 Å². The van der Waals surface area contributed by atoms with Crippen molar-refractivity contribution in [3.63, 3.8) is 0 Å². The first kappa shape index (κ1) is 11.0. The molecule has 0 bridgehead atoms. The molecule has 2 heteroatoms. The van der Waals surface area contributed by atoms with Crippen LogP contribution in [0.2, 0.25) is 0 Å². The topological polar surface area (TPSA) is 9.23 Å². The number of hydrogen-bond donors (Lipinski definition) is 0. The molecule has 1 aromatic carbocycles. The summed E-state index contributed by atoms with van der Waals surface area (Å²) in [6.45, 7) is 6.03. The van der Waals surface area contributed by atoms with Crippen LogP contribution in [0.15, 0.2) is 24.3 Å². The van der Waals surface area contributed by atoms with E-state index in [9.17, 15) is 4.39 Å². The molecule has 0 aromatic heterocycles. The maximum absolute atomic E-state index is 12.0. The van der Waals surface area contributed by atoms with E-state index >= 15 is 0 Å². The third kappa shape index (κ3) is 2.72. The van der Waals surface area contributed by atoms with Gasteiger partial charge in [0.1, 0.15) is 19.0 Å². The second-order valence-electron chi connectivity index (χ2n) is 4.28. The van der Waals surface area contributed by atoms with E-state index in [0.29, 0.717) is 0 Å². The Kier molecular flexibility index (Phi) is 3.50. The molecule has 0 aliphatic heterocycles. The number of rotatable bonds is 3. The summed E-state index contributed by atoms with van der Waals surface area (Å²) in [6.07, 6.45) is 0. The zero-order valence-electron chi connectivity index (χ0n) is 9.01. The Morgan fingerprint density at radius 3 is 2.43 bits per heavy atom. The normalized spacial score (nSPS) is 11.4. The molecule has 1 aromatic rings. The first-order chi connectivity index (χ1) is 6.55. The van der Waals surface area contributed by atoms with Crippen molar-refractivity contribution in [2.24, 2.45) is 0 Å². The van der Waals surface area contributed by atoms with Crippen LogP contribution in [0, 0.1) is 0 Å². The van der Waals surface area contributed by atoms with Gasteiger partial charge in [0.05, 0.1) is 0 Å². The van der Waals surface area contributed by atoms with E-state index in [1.54, 1.807) is 0 Å². The Hall–Kier alpha value is -1.05. The summed E-state index contributed by atoms with van der Waals surface area (Å²) in [7, 11) is 0. The zero-order valence-corrected chi connectivity index (χ0v) is 9.01. The molecule has 0 aliphatic carbocycles. The molecular weight excluding hydrogens is 179 g/mol. The first-order valence-corrected chi connectivity index (χ1v) is 4.84. The van der Waals surface area contributed by atoms with Gasteiger partial charge < -0.3 is 4.74 Å². The van der Waals surface area contributed by atoms with Gasteiger partial charge >= 0.3 is 0 Å². The van der Waals surface area contributed by atoms with Crippen molar-refractivity contribution in [1.82, 2.24) is 0 Å². The number of halogens is 1. The second-order valence-corrected chi connectivity index (χ2v) is 4.28. The summed E-state index contributed by atoms with van der Waals surface area (Å²) < 4.78 is 17.3. The summed E-state index contributed by atoms with van der Waals surface area (Å²) in [6, 6.07) is 7.79. The van der Waals surface area contributed by atoms with Crippen LogP contribution in [0.4, 0.5) is 4.39 Å². The van der Waals surface area contributed by atoms with Crippen LogP contribution in [0.25, 0.3) is 0 Å². The number of para-hydroxylation sites is 1. The van der Waals surface area contributed by atoms with Gasteiger partial charge in [-0.05, 0) is 17.0 Å². The quantitative estimate of drug-likeness (QED) is 0.720. The van der Waals surface area contributed by atoms with Crippen LogP contribution in [-0.4, -0.2) is 13.3 Å². The van der Waals surface area contributed by atoms with Crippen LogP contribution in [0.1, 0.15) is 26.3 Å².